The Hall–Kier alpha value is 0.690. The molecule has 1 nitrogen and oxygen atoms in total. The molecule has 0 aromatic carbocycles. The average molecular weight is 293 g/mol. The Morgan fingerprint density at radius 2 is 1.46 bits per heavy atom. The average Bonchev–Trinajstić information content (AvgIpc) is 2.20. The Morgan fingerprint density at radius 3 is 2.08 bits per heavy atom. The molecule has 13 heavy (non-hydrogen) atoms. The van der Waals surface area contributed by atoms with E-state index >= 15 is 0 Å². The van der Waals surface area contributed by atoms with E-state index in [0.29, 0.717) is 0 Å². The van der Waals surface area contributed by atoms with Gasteiger partial charge in [0.2, 0.25) is 0 Å². The van der Waals surface area contributed by atoms with E-state index in [0.717, 1.165) is 9.97 Å². The summed E-state index contributed by atoms with van der Waals surface area (Å²) in [7, 11) is 0. The number of hydrogen-bond acceptors (Lipinski definition) is 1. The van der Waals surface area contributed by atoms with Crippen molar-refractivity contribution in [3.8, 4) is 0 Å². The highest BCUT2D eigenvalue weighted by molar-refractivity contribution is 14.1. The molecule has 0 bridgehead atoms. The highest BCUT2D eigenvalue weighted by atomic mass is 127. The summed E-state index contributed by atoms with van der Waals surface area (Å²) in [6, 6.07) is 0.950. The molecule has 2 heteroatoms. The van der Waals surface area contributed by atoms with Crippen molar-refractivity contribution in [2.45, 2.75) is 54.9 Å². The van der Waals surface area contributed by atoms with Gasteiger partial charge in [0.1, 0.15) is 0 Å². The van der Waals surface area contributed by atoms with Gasteiger partial charge in [0.15, 0.2) is 0 Å². The van der Waals surface area contributed by atoms with Gasteiger partial charge in [-0.2, -0.15) is 0 Å². The van der Waals surface area contributed by atoms with E-state index < -0.39 is 0 Å². The molecule has 0 radical (unpaired) electrons. The third-order valence-electron chi connectivity index (χ3n) is 3.53. The topological polar surface area (TPSA) is 3.24 Å². The largest absolute Gasteiger partial charge is 0.300 e. The fourth-order valence-corrected chi connectivity index (χ4v) is 3.40. The second kappa shape index (κ2) is 4.96. The van der Waals surface area contributed by atoms with Crippen LogP contribution in [0.1, 0.15) is 44.9 Å². The van der Waals surface area contributed by atoms with Crippen LogP contribution in [0.25, 0.3) is 0 Å². The molecule has 2 rings (SSSR count). The van der Waals surface area contributed by atoms with Gasteiger partial charge in [0, 0.05) is 9.97 Å². The summed E-state index contributed by atoms with van der Waals surface area (Å²) < 4.78 is 0.971. The maximum atomic E-state index is 2.76. The minimum absolute atomic E-state index is 0.950. The van der Waals surface area contributed by atoms with Crippen LogP contribution in [-0.2, 0) is 0 Å². The zero-order valence-electron chi connectivity index (χ0n) is 8.34. The lowest BCUT2D eigenvalue weighted by Crippen LogP contribution is -2.41. The number of halogens is 1. The van der Waals surface area contributed by atoms with Crippen molar-refractivity contribution >= 4 is 22.6 Å². The van der Waals surface area contributed by atoms with Crippen molar-refractivity contribution in [2.75, 3.05) is 13.1 Å². The van der Waals surface area contributed by atoms with Crippen LogP contribution in [0.15, 0.2) is 0 Å². The summed E-state index contributed by atoms with van der Waals surface area (Å²) in [5, 5.41) is 0. The van der Waals surface area contributed by atoms with Crippen LogP contribution < -0.4 is 0 Å². The molecule has 0 amide bonds. The standard InChI is InChI=1S/C11H20IN/c12-10-4-6-11(7-5-10)13-8-2-1-3-9-13/h10-11H,1-9H2. The second-order valence-corrected chi connectivity index (χ2v) is 6.26. The molecule has 2 aliphatic rings. The molecule has 2 fully saturated rings. The fraction of sp³-hybridized carbons (Fsp3) is 1.00. The van der Waals surface area contributed by atoms with Crippen molar-refractivity contribution in [3.63, 3.8) is 0 Å². The molecular weight excluding hydrogens is 273 g/mol. The number of piperidine rings is 1. The number of rotatable bonds is 1. The van der Waals surface area contributed by atoms with Crippen LogP contribution in [0.2, 0.25) is 0 Å². The summed E-state index contributed by atoms with van der Waals surface area (Å²) in [6.45, 7) is 2.77. The van der Waals surface area contributed by atoms with Crippen LogP contribution in [0.3, 0.4) is 0 Å². The summed E-state index contributed by atoms with van der Waals surface area (Å²) in [5.74, 6) is 0. The number of alkyl halides is 1. The smallest absolute Gasteiger partial charge is 0.0111 e. The molecule has 1 heterocycles. The Kier molecular flexibility index (Phi) is 3.90. The van der Waals surface area contributed by atoms with Crippen molar-refractivity contribution in [1.82, 2.24) is 4.90 Å². The predicted molar refractivity (Wildman–Crippen MR) is 65.5 cm³/mol. The van der Waals surface area contributed by atoms with Gasteiger partial charge in [-0.1, -0.05) is 29.0 Å². The van der Waals surface area contributed by atoms with Crippen molar-refractivity contribution in [2.24, 2.45) is 0 Å². The van der Waals surface area contributed by atoms with Crippen molar-refractivity contribution < 1.29 is 0 Å². The predicted octanol–water partition coefficient (Wildman–Crippen LogP) is 3.22. The molecule has 0 unspecified atom stereocenters. The maximum absolute atomic E-state index is 2.76. The number of nitrogens with zero attached hydrogens (tertiary/aromatic N) is 1. The summed E-state index contributed by atoms with van der Waals surface area (Å²) in [6.07, 6.45) is 10.2. The minimum atomic E-state index is 0.950. The van der Waals surface area contributed by atoms with Crippen LogP contribution in [0.4, 0.5) is 0 Å². The second-order valence-electron chi connectivity index (χ2n) is 4.50. The SMILES string of the molecule is IC1CCC(N2CCCCC2)CC1. The first-order chi connectivity index (χ1) is 6.36. The monoisotopic (exact) mass is 293 g/mol. The zero-order chi connectivity index (χ0) is 9.10. The van der Waals surface area contributed by atoms with Gasteiger partial charge in [-0.05, 0) is 51.6 Å². The van der Waals surface area contributed by atoms with E-state index in [-0.39, 0.29) is 0 Å². The molecule has 1 aliphatic heterocycles. The Bertz CT molecular complexity index is 146. The van der Waals surface area contributed by atoms with E-state index in [4.69, 9.17) is 0 Å². The summed E-state index contributed by atoms with van der Waals surface area (Å²) >= 11 is 2.62. The lowest BCUT2D eigenvalue weighted by Gasteiger charge is -2.37. The van der Waals surface area contributed by atoms with Gasteiger partial charge in [-0.25, -0.2) is 0 Å². The maximum Gasteiger partial charge on any atom is 0.0111 e. The van der Waals surface area contributed by atoms with Crippen molar-refractivity contribution in [3.05, 3.63) is 0 Å². The Labute approximate surface area is 95.4 Å². The van der Waals surface area contributed by atoms with E-state index in [9.17, 15) is 0 Å². The van der Waals surface area contributed by atoms with Gasteiger partial charge < -0.3 is 4.90 Å². The first-order valence-corrected chi connectivity index (χ1v) is 6.99. The minimum Gasteiger partial charge on any atom is -0.300 e. The normalized spacial score (nSPS) is 37.6. The molecule has 1 saturated heterocycles. The van der Waals surface area contributed by atoms with E-state index in [2.05, 4.69) is 27.5 Å². The Balaban J connectivity index is 1.79. The number of likely N-dealkylation sites (tertiary alicyclic amines) is 1. The first kappa shape index (κ1) is 10.2. The van der Waals surface area contributed by atoms with Crippen molar-refractivity contribution in [1.29, 1.82) is 0 Å². The van der Waals surface area contributed by atoms with Crippen LogP contribution in [0.5, 0.6) is 0 Å². The quantitative estimate of drug-likeness (QED) is 0.530. The Morgan fingerprint density at radius 1 is 0.846 bits per heavy atom. The van der Waals surface area contributed by atoms with E-state index in [1.165, 1.54) is 58.0 Å². The molecule has 1 saturated carbocycles. The first-order valence-electron chi connectivity index (χ1n) is 5.74. The molecule has 0 spiro atoms. The molecular formula is C11H20IN. The third-order valence-corrected chi connectivity index (χ3v) is 4.78. The lowest BCUT2D eigenvalue weighted by atomic mass is 9.93. The van der Waals surface area contributed by atoms with E-state index in [1.807, 2.05) is 0 Å². The molecule has 0 aromatic rings. The van der Waals surface area contributed by atoms with Gasteiger partial charge in [-0.15, -0.1) is 0 Å². The zero-order valence-corrected chi connectivity index (χ0v) is 10.5. The highest BCUT2D eigenvalue weighted by Gasteiger charge is 2.25. The van der Waals surface area contributed by atoms with Gasteiger partial charge in [-0.3, -0.25) is 0 Å². The molecule has 0 atom stereocenters. The van der Waals surface area contributed by atoms with Crippen LogP contribution in [-0.4, -0.2) is 28.0 Å². The summed E-state index contributed by atoms with van der Waals surface area (Å²) in [5.41, 5.74) is 0. The van der Waals surface area contributed by atoms with Gasteiger partial charge in [0.05, 0.1) is 0 Å². The van der Waals surface area contributed by atoms with Crippen LogP contribution >= 0.6 is 22.6 Å². The van der Waals surface area contributed by atoms with E-state index in [1.54, 1.807) is 0 Å². The van der Waals surface area contributed by atoms with Gasteiger partial charge in [0.25, 0.3) is 0 Å². The summed E-state index contributed by atoms with van der Waals surface area (Å²) in [4.78, 5) is 2.76. The molecule has 0 N–H and O–H groups in total. The molecule has 76 valence electrons. The molecule has 1 aliphatic carbocycles. The van der Waals surface area contributed by atoms with Crippen LogP contribution in [0, 0.1) is 0 Å². The lowest BCUT2D eigenvalue weighted by molar-refractivity contribution is 0.133. The number of hydrogen-bond donors (Lipinski definition) is 0. The van der Waals surface area contributed by atoms with Gasteiger partial charge >= 0.3 is 0 Å². The molecule has 0 aromatic heterocycles. The fourth-order valence-electron chi connectivity index (χ4n) is 2.68. The third kappa shape index (κ3) is 2.82. The highest BCUT2D eigenvalue weighted by Crippen LogP contribution is 2.29.